The molecule has 112 valence electrons. The fraction of sp³-hybridized carbons (Fsp3) is 0.438. The number of aromatic nitrogens is 2. The molecule has 1 aliphatic carbocycles. The molecule has 1 aromatic carbocycles. The lowest BCUT2D eigenvalue weighted by molar-refractivity contribution is 0.512. The van der Waals surface area contributed by atoms with Crippen molar-refractivity contribution in [3.8, 4) is 11.3 Å². The van der Waals surface area contributed by atoms with Crippen molar-refractivity contribution in [3.05, 3.63) is 34.9 Å². The average molecular weight is 308 g/mol. The van der Waals surface area contributed by atoms with Crippen molar-refractivity contribution in [1.29, 1.82) is 0 Å². The summed E-state index contributed by atoms with van der Waals surface area (Å²) in [6, 6.07) is 4.71. The number of rotatable bonds is 4. The van der Waals surface area contributed by atoms with Gasteiger partial charge in [0.25, 0.3) is 0 Å². The SMILES string of the molecule is CC(C)Cn1c(C2CC2)nc(-c2ccc(Cl)c(F)c2)c1N. The normalized spacial score (nSPS) is 14.9. The van der Waals surface area contributed by atoms with E-state index in [0.717, 1.165) is 25.2 Å². The van der Waals surface area contributed by atoms with Gasteiger partial charge in [0.2, 0.25) is 0 Å². The summed E-state index contributed by atoms with van der Waals surface area (Å²) in [4.78, 5) is 4.69. The number of nitrogens with two attached hydrogens (primary N) is 1. The van der Waals surface area contributed by atoms with Crippen molar-refractivity contribution in [3.63, 3.8) is 0 Å². The number of hydrogen-bond acceptors (Lipinski definition) is 2. The highest BCUT2D eigenvalue weighted by atomic mass is 35.5. The fourth-order valence-electron chi connectivity index (χ4n) is 2.55. The summed E-state index contributed by atoms with van der Waals surface area (Å²) in [7, 11) is 0. The molecule has 5 heteroatoms. The number of nitrogens with zero attached hydrogens (tertiary/aromatic N) is 2. The maximum atomic E-state index is 13.7. The third-order valence-electron chi connectivity index (χ3n) is 3.72. The Morgan fingerprint density at radius 2 is 2.14 bits per heavy atom. The van der Waals surface area contributed by atoms with Crippen LogP contribution in [0.25, 0.3) is 11.3 Å². The van der Waals surface area contributed by atoms with Gasteiger partial charge in [-0.15, -0.1) is 0 Å². The zero-order valence-corrected chi connectivity index (χ0v) is 13.0. The smallest absolute Gasteiger partial charge is 0.142 e. The topological polar surface area (TPSA) is 43.8 Å². The fourth-order valence-corrected chi connectivity index (χ4v) is 2.67. The molecule has 1 heterocycles. The van der Waals surface area contributed by atoms with E-state index in [1.54, 1.807) is 12.1 Å². The van der Waals surface area contributed by atoms with E-state index in [0.29, 0.717) is 28.9 Å². The Bertz CT molecular complexity index is 674. The van der Waals surface area contributed by atoms with E-state index in [2.05, 4.69) is 18.4 Å². The Hall–Kier alpha value is -1.55. The minimum Gasteiger partial charge on any atom is -0.383 e. The highest BCUT2D eigenvalue weighted by Crippen LogP contribution is 2.42. The van der Waals surface area contributed by atoms with Gasteiger partial charge in [0, 0.05) is 18.0 Å². The highest BCUT2D eigenvalue weighted by Gasteiger charge is 2.31. The van der Waals surface area contributed by atoms with Gasteiger partial charge >= 0.3 is 0 Å². The number of imidazole rings is 1. The second-order valence-corrected chi connectivity index (χ2v) is 6.52. The Balaban J connectivity index is 2.07. The van der Waals surface area contributed by atoms with E-state index >= 15 is 0 Å². The summed E-state index contributed by atoms with van der Waals surface area (Å²) in [5, 5.41) is 0.112. The second-order valence-electron chi connectivity index (χ2n) is 6.11. The van der Waals surface area contributed by atoms with E-state index in [1.807, 2.05) is 0 Å². The van der Waals surface area contributed by atoms with Gasteiger partial charge < -0.3 is 10.3 Å². The molecule has 1 fully saturated rings. The maximum absolute atomic E-state index is 13.7. The molecular formula is C16H19ClFN3. The van der Waals surface area contributed by atoms with Gasteiger partial charge in [-0.1, -0.05) is 31.5 Å². The van der Waals surface area contributed by atoms with Gasteiger partial charge in [-0.05, 0) is 30.9 Å². The maximum Gasteiger partial charge on any atom is 0.142 e. The lowest BCUT2D eigenvalue weighted by atomic mass is 10.1. The molecule has 0 spiro atoms. The number of halogens is 2. The number of hydrogen-bond donors (Lipinski definition) is 1. The van der Waals surface area contributed by atoms with Crippen LogP contribution in [0.5, 0.6) is 0 Å². The molecule has 0 bridgehead atoms. The molecule has 0 amide bonds. The molecule has 2 aromatic rings. The molecule has 0 radical (unpaired) electrons. The summed E-state index contributed by atoms with van der Waals surface area (Å²) in [5.74, 6) is 2.18. The van der Waals surface area contributed by atoms with Crippen molar-refractivity contribution >= 4 is 17.4 Å². The van der Waals surface area contributed by atoms with E-state index in [9.17, 15) is 4.39 Å². The van der Waals surface area contributed by atoms with Crippen LogP contribution in [0.2, 0.25) is 5.02 Å². The van der Waals surface area contributed by atoms with Crippen LogP contribution in [0.4, 0.5) is 10.2 Å². The Kier molecular flexibility index (Phi) is 3.66. The number of anilines is 1. The monoisotopic (exact) mass is 307 g/mol. The van der Waals surface area contributed by atoms with Crippen molar-refractivity contribution < 1.29 is 4.39 Å². The number of benzene rings is 1. The van der Waals surface area contributed by atoms with Crippen LogP contribution in [0.3, 0.4) is 0 Å². The quantitative estimate of drug-likeness (QED) is 0.906. The van der Waals surface area contributed by atoms with Gasteiger partial charge in [0.05, 0.1) is 5.02 Å². The molecule has 3 rings (SSSR count). The van der Waals surface area contributed by atoms with Crippen LogP contribution < -0.4 is 5.73 Å². The first-order valence-electron chi connectivity index (χ1n) is 7.28. The van der Waals surface area contributed by atoms with Gasteiger partial charge in [-0.2, -0.15) is 0 Å². The summed E-state index contributed by atoms with van der Waals surface area (Å²) < 4.78 is 15.8. The van der Waals surface area contributed by atoms with Crippen LogP contribution >= 0.6 is 11.6 Å². The van der Waals surface area contributed by atoms with E-state index in [-0.39, 0.29) is 5.02 Å². The molecule has 1 saturated carbocycles. The number of nitrogen functional groups attached to an aromatic ring is 1. The summed E-state index contributed by atoms with van der Waals surface area (Å²) in [6.45, 7) is 5.14. The Morgan fingerprint density at radius 3 is 2.71 bits per heavy atom. The molecular weight excluding hydrogens is 289 g/mol. The standard InChI is InChI=1S/C16H19ClFN3/c1-9(2)8-21-15(19)14(20-16(21)10-3-4-10)11-5-6-12(17)13(18)7-11/h5-7,9-10H,3-4,8,19H2,1-2H3. The van der Waals surface area contributed by atoms with Crippen LogP contribution in [0.1, 0.15) is 38.4 Å². The predicted octanol–water partition coefficient (Wildman–Crippen LogP) is 4.46. The molecule has 21 heavy (non-hydrogen) atoms. The Labute approximate surface area is 128 Å². The van der Waals surface area contributed by atoms with Gasteiger partial charge in [0.1, 0.15) is 23.2 Å². The van der Waals surface area contributed by atoms with Crippen LogP contribution in [0, 0.1) is 11.7 Å². The van der Waals surface area contributed by atoms with Crippen LogP contribution in [0.15, 0.2) is 18.2 Å². The third-order valence-corrected chi connectivity index (χ3v) is 4.03. The predicted molar refractivity (Wildman–Crippen MR) is 83.9 cm³/mol. The van der Waals surface area contributed by atoms with Crippen LogP contribution in [-0.2, 0) is 6.54 Å². The molecule has 1 aromatic heterocycles. The van der Waals surface area contributed by atoms with Crippen molar-refractivity contribution in [2.75, 3.05) is 5.73 Å². The first kappa shape index (κ1) is 14.4. The molecule has 1 aliphatic rings. The van der Waals surface area contributed by atoms with Gasteiger partial charge in [-0.25, -0.2) is 9.37 Å². The van der Waals surface area contributed by atoms with E-state index in [1.165, 1.54) is 6.07 Å². The lowest BCUT2D eigenvalue weighted by Crippen LogP contribution is -2.10. The summed E-state index contributed by atoms with van der Waals surface area (Å²) in [5.41, 5.74) is 7.62. The van der Waals surface area contributed by atoms with Crippen molar-refractivity contribution in [2.45, 2.75) is 39.2 Å². The molecule has 3 nitrogen and oxygen atoms in total. The lowest BCUT2D eigenvalue weighted by Gasteiger charge is -2.11. The molecule has 0 aliphatic heterocycles. The largest absolute Gasteiger partial charge is 0.383 e. The molecule has 0 atom stereocenters. The van der Waals surface area contributed by atoms with Crippen LogP contribution in [-0.4, -0.2) is 9.55 Å². The van der Waals surface area contributed by atoms with Crippen molar-refractivity contribution in [1.82, 2.24) is 9.55 Å². The highest BCUT2D eigenvalue weighted by molar-refractivity contribution is 6.30. The third kappa shape index (κ3) is 2.77. The first-order chi connectivity index (χ1) is 9.97. The van der Waals surface area contributed by atoms with Crippen molar-refractivity contribution in [2.24, 2.45) is 5.92 Å². The van der Waals surface area contributed by atoms with Gasteiger partial charge in [0.15, 0.2) is 0 Å². The van der Waals surface area contributed by atoms with Gasteiger partial charge in [-0.3, -0.25) is 0 Å². The zero-order chi connectivity index (χ0) is 15.1. The Morgan fingerprint density at radius 1 is 1.43 bits per heavy atom. The molecule has 2 N–H and O–H groups in total. The average Bonchev–Trinajstić information content (AvgIpc) is 3.21. The minimum absolute atomic E-state index is 0.112. The summed E-state index contributed by atoms with van der Waals surface area (Å²) in [6.07, 6.45) is 2.31. The van der Waals surface area contributed by atoms with E-state index in [4.69, 9.17) is 22.3 Å². The minimum atomic E-state index is -0.444. The zero-order valence-electron chi connectivity index (χ0n) is 12.2. The van der Waals surface area contributed by atoms with E-state index < -0.39 is 5.82 Å². The summed E-state index contributed by atoms with van der Waals surface area (Å²) >= 11 is 5.74. The first-order valence-corrected chi connectivity index (χ1v) is 7.66. The molecule has 0 unspecified atom stereocenters. The molecule has 0 saturated heterocycles. The second kappa shape index (κ2) is 5.34.